The van der Waals surface area contributed by atoms with Crippen LogP contribution in [0.3, 0.4) is 0 Å². The molecule has 0 radical (unpaired) electrons. The fourth-order valence-corrected chi connectivity index (χ4v) is 2.66. The third-order valence-corrected chi connectivity index (χ3v) is 3.49. The Morgan fingerprint density at radius 2 is 1.80 bits per heavy atom. The van der Waals surface area contributed by atoms with Crippen LogP contribution in [0.25, 0.3) is 0 Å². The zero-order chi connectivity index (χ0) is 14.3. The van der Waals surface area contributed by atoms with Gasteiger partial charge in [0.1, 0.15) is 23.5 Å². The van der Waals surface area contributed by atoms with Gasteiger partial charge in [0.25, 0.3) is 0 Å². The van der Waals surface area contributed by atoms with E-state index in [9.17, 15) is 13.9 Å². The predicted octanol–water partition coefficient (Wildman–Crippen LogP) is 3.63. The average molecular weight is 297 g/mol. The molecule has 0 saturated carbocycles. The highest BCUT2D eigenvalue weighted by Crippen LogP contribution is 2.38. The van der Waals surface area contributed by atoms with Crippen molar-refractivity contribution in [2.24, 2.45) is 0 Å². The Morgan fingerprint density at radius 1 is 1.10 bits per heavy atom. The lowest BCUT2D eigenvalue weighted by molar-refractivity contribution is 0.212. The predicted molar refractivity (Wildman–Crippen MR) is 71.1 cm³/mol. The molecule has 0 bridgehead atoms. The van der Waals surface area contributed by atoms with Crippen LogP contribution < -0.4 is 4.74 Å². The molecule has 1 N–H and O–H groups in total. The summed E-state index contributed by atoms with van der Waals surface area (Å²) in [7, 11) is 0. The molecule has 0 amide bonds. The van der Waals surface area contributed by atoms with Gasteiger partial charge in [0.15, 0.2) is 0 Å². The number of benzene rings is 2. The molecule has 0 saturated heterocycles. The third kappa shape index (κ3) is 2.37. The van der Waals surface area contributed by atoms with Crippen LogP contribution in [0.4, 0.5) is 8.78 Å². The molecule has 1 atom stereocenters. The van der Waals surface area contributed by atoms with Crippen molar-refractivity contribution in [3.8, 4) is 5.75 Å². The van der Waals surface area contributed by atoms with E-state index in [0.29, 0.717) is 29.4 Å². The van der Waals surface area contributed by atoms with Gasteiger partial charge < -0.3 is 9.84 Å². The van der Waals surface area contributed by atoms with Gasteiger partial charge in [0.05, 0.1) is 6.61 Å². The van der Waals surface area contributed by atoms with Gasteiger partial charge >= 0.3 is 0 Å². The highest BCUT2D eigenvalue weighted by molar-refractivity contribution is 6.30. The van der Waals surface area contributed by atoms with E-state index in [1.807, 2.05) is 0 Å². The Bertz CT molecular complexity index is 653. The van der Waals surface area contributed by atoms with Crippen molar-refractivity contribution in [1.29, 1.82) is 0 Å². The van der Waals surface area contributed by atoms with Crippen LogP contribution >= 0.6 is 11.6 Å². The van der Waals surface area contributed by atoms with Gasteiger partial charge in [-0.05, 0) is 35.4 Å². The minimum atomic E-state index is -1.19. The minimum absolute atomic E-state index is 0.127. The van der Waals surface area contributed by atoms with E-state index in [-0.39, 0.29) is 5.56 Å². The van der Waals surface area contributed by atoms with Crippen molar-refractivity contribution in [3.63, 3.8) is 0 Å². The topological polar surface area (TPSA) is 29.5 Å². The summed E-state index contributed by atoms with van der Waals surface area (Å²) >= 11 is 6.01. The number of rotatable bonds is 2. The molecule has 20 heavy (non-hydrogen) atoms. The molecule has 5 heteroatoms. The minimum Gasteiger partial charge on any atom is -0.493 e. The van der Waals surface area contributed by atoms with E-state index in [2.05, 4.69) is 0 Å². The Hall–Kier alpha value is -1.65. The summed E-state index contributed by atoms with van der Waals surface area (Å²) < 4.78 is 32.0. The van der Waals surface area contributed by atoms with E-state index in [1.54, 1.807) is 12.1 Å². The lowest BCUT2D eigenvalue weighted by Gasteiger charge is -2.16. The van der Waals surface area contributed by atoms with Crippen LogP contribution in [-0.4, -0.2) is 11.7 Å². The number of aliphatic hydroxyl groups excluding tert-OH is 1. The molecule has 1 aliphatic rings. The molecule has 0 aromatic heterocycles. The average Bonchev–Trinajstić information content (AvgIpc) is 2.83. The van der Waals surface area contributed by atoms with Crippen LogP contribution in [0.2, 0.25) is 5.02 Å². The summed E-state index contributed by atoms with van der Waals surface area (Å²) in [5.74, 6) is -0.927. The van der Waals surface area contributed by atoms with Crippen LogP contribution in [0.1, 0.15) is 22.8 Å². The van der Waals surface area contributed by atoms with Crippen LogP contribution in [-0.2, 0) is 6.42 Å². The number of halogens is 3. The maximum Gasteiger partial charge on any atom is 0.128 e. The fourth-order valence-electron chi connectivity index (χ4n) is 2.41. The smallest absolute Gasteiger partial charge is 0.128 e. The van der Waals surface area contributed by atoms with E-state index in [0.717, 1.165) is 23.8 Å². The van der Waals surface area contributed by atoms with Gasteiger partial charge in [0, 0.05) is 23.1 Å². The molecular weight excluding hydrogens is 286 g/mol. The van der Waals surface area contributed by atoms with Crippen molar-refractivity contribution < 1.29 is 18.6 Å². The maximum absolute atomic E-state index is 13.2. The second-order valence-corrected chi connectivity index (χ2v) is 5.12. The first-order valence-electron chi connectivity index (χ1n) is 6.14. The number of ether oxygens (including phenoxy) is 1. The highest BCUT2D eigenvalue weighted by atomic mass is 35.5. The van der Waals surface area contributed by atoms with Crippen molar-refractivity contribution in [1.82, 2.24) is 0 Å². The van der Waals surface area contributed by atoms with E-state index >= 15 is 0 Å². The molecule has 104 valence electrons. The van der Waals surface area contributed by atoms with Gasteiger partial charge in [-0.25, -0.2) is 8.78 Å². The number of hydrogen-bond donors (Lipinski definition) is 1. The summed E-state index contributed by atoms with van der Waals surface area (Å²) in [5.41, 5.74) is 1.45. The first kappa shape index (κ1) is 13.3. The second-order valence-electron chi connectivity index (χ2n) is 4.69. The van der Waals surface area contributed by atoms with Gasteiger partial charge in [-0.1, -0.05) is 11.6 Å². The Balaban J connectivity index is 2.08. The molecule has 2 aromatic carbocycles. The molecule has 2 aromatic rings. The number of fused-ring (bicyclic) bond motifs is 1. The van der Waals surface area contributed by atoms with Gasteiger partial charge in [-0.2, -0.15) is 0 Å². The largest absolute Gasteiger partial charge is 0.493 e. The zero-order valence-corrected chi connectivity index (χ0v) is 11.1. The highest BCUT2D eigenvalue weighted by Gasteiger charge is 2.23. The van der Waals surface area contributed by atoms with Crippen LogP contribution in [0.15, 0.2) is 30.3 Å². The van der Waals surface area contributed by atoms with Crippen molar-refractivity contribution in [2.75, 3.05) is 6.61 Å². The Kier molecular flexibility index (Phi) is 3.36. The molecular formula is C15H11ClF2O2. The number of aliphatic hydroxyl groups is 1. The van der Waals surface area contributed by atoms with Crippen molar-refractivity contribution in [2.45, 2.75) is 12.5 Å². The standard InChI is InChI=1S/C15H11ClF2O2/c16-10-3-8-1-2-20-15(8)13(6-10)14(19)9-4-11(17)7-12(18)5-9/h3-7,14,19H,1-2H2. The van der Waals surface area contributed by atoms with Crippen LogP contribution in [0, 0.1) is 11.6 Å². The van der Waals surface area contributed by atoms with Gasteiger partial charge in [-0.3, -0.25) is 0 Å². The molecule has 0 spiro atoms. The lowest BCUT2D eigenvalue weighted by atomic mass is 9.98. The third-order valence-electron chi connectivity index (χ3n) is 3.27. The van der Waals surface area contributed by atoms with Gasteiger partial charge in [0.2, 0.25) is 0 Å². The summed E-state index contributed by atoms with van der Waals surface area (Å²) in [4.78, 5) is 0. The molecule has 1 aliphatic heterocycles. The zero-order valence-electron chi connectivity index (χ0n) is 10.4. The molecule has 0 fully saturated rings. The molecule has 1 heterocycles. The van der Waals surface area contributed by atoms with E-state index < -0.39 is 17.7 Å². The summed E-state index contributed by atoms with van der Waals surface area (Å²) in [6, 6.07) is 6.27. The maximum atomic E-state index is 13.2. The van der Waals surface area contributed by atoms with E-state index in [4.69, 9.17) is 16.3 Å². The molecule has 1 unspecified atom stereocenters. The first-order valence-corrected chi connectivity index (χ1v) is 6.51. The van der Waals surface area contributed by atoms with Crippen molar-refractivity contribution >= 4 is 11.6 Å². The Morgan fingerprint density at radius 3 is 2.50 bits per heavy atom. The van der Waals surface area contributed by atoms with Gasteiger partial charge in [-0.15, -0.1) is 0 Å². The summed E-state index contributed by atoms with van der Waals surface area (Å²) in [6.45, 7) is 0.507. The SMILES string of the molecule is OC(c1cc(F)cc(F)c1)c1cc(Cl)cc2c1OCC2. The van der Waals surface area contributed by atoms with Crippen LogP contribution in [0.5, 0.6) is 5.75 Å². The molecule has 3 rings (SSSR count). The summed E-state index contributed by atoms with van der Waals surface area (Å²) in [6.07, 6.45) is -0.488. The lowest BCUT2D eigenvalue weighted by Crippen LogP contribution is -2.03. The number of hydrogen-bond acceptors (Lipinski definition) is 2. The fraction of sp³-hybridized carbons (Fsp3) is 0.200. The Labute approximate surface area is 119 Å². The normalized spacial score (nSPS) is 14.8. The molecule has 2 nitrogen and oxygen atoms in total. The monoisotopic (exact) mass is 296 g/mol. The molecule has 0 aliphatic carbocycles. The summed E-state index contributed by atoms with van der Waals surface area (Å²) in [5, 5.41) is 10.8. The van der Waals surface area contributed by atoms with Crippen molar-refractivity contribution in [3.05, 3.63) is 63.7 Å². The first-order chi connectivity index (χ1) is 9.54. The van der Waals surface area contributed by atoms with E-state index in [1.165, 1.54) is 0 Å². The second kappa shape index (κ2) is 5.04. The quantitative estimate of drug-likeness (QED) is 0.917.